The highest BCUT2D eigenvalue weighted by Gasteiger charge is 2.26. The lowest BCUT2D eigenvalue weighted by molar-refractivity contribution is -0.121. The smallest absolute Gasteiger partial charge is 0.335 e. The molecule has 1 aromatic carbocycles. The first-order chi connectivity index (χ1) is 15.7. The Bertz CT molecular complexity index is 1100. The molecular weight excluding hydrogens is 420 g/mol. The molecule has 2 aromatic rings. The first kappa shape index (κ1) is 24.3. The number of carbonyl (C=O) groups excluding carboxylic acids is 2. The first-order valence-corrected chi connectivity index (χ1v) is 11.3. The number of hydrogen-bond donors (Lipinski definition) is 4. The molecule has 0 unspecified atom stereocenters. The normalized spacial score (nSPS) is 14.0. The van der Waals surface area contributed by atoms with Crippen molar-refractivity contribution in [3.8, 4) is 0 Å². The second-order valence-corrected chi connectivity index (χ2v) is 8.22. The lowest BCUT2D eigenvalue weighted by atomic mass is 10.0. The number of nitrogens with zero attached hydrogens (tertiary/aromatic N) is 1. The fourth-order valence-corrected chi connectivity index (χ4v) is 4.16. The minimum atomic E-state index is -1.04. The molecule has 4 N–H and O–H groups in total. The number of carbonyl (C=O) groups is 3. The van der Waals surface area contributed by atoms with Gasteiger partial charge in [-0.1, -0.05) is 13.8 Å². The molecule has 0 saturated heterocycles. The van der Waals surface area contributed by atoms with Crippen LogP contribution < -0.4 is 10.6 Å². The van der Waals surface area contributed by atoms with Gasteiger partial charge in [-0.3, -0.25) is 9.59 Å². The summed E-state index contributed by atoms with van der Waals surface area (Å²) in [7, 11) is 0. The van der Waals surface area contributed by atoms with Crippen LogP contribution in [-0.4, -0.2) is 59.0 Å². The van der Waals surface area contributed by atoms with Crippen LogP contribution in [0.1, 0.15) is 58.7 Å². The molecule has 2 heterocycles. The van der Waals surface area contributed by atoms with E-state index in [4.69, 9.17) is 0 Å². The predicted molar refractivity (Wildman–Crippen MR) is 129 cm³/mol. The minimum Gasteiger partial charge on any atom is -0.478 e. The van der Waals surface area contributed by atoms with Gasteiger partial charge in [0.15, 0.2) is 0 Å². The zero-order chi connectivity index (χ0) is 24.1. The Morgan fingerprint density at radius 3 is 2.58 bits per heavy atom. The number of aromatic amines is 1. The number of hydrogen-bond acceptors (Lipinski definition) is 4. The van der Waals surface area contributed by atoms with E-state index < -0.39 is 5.97 Å². The Morgan fingerprint density at radius 1 is 1.18 bits per heavy atom. The Labute approximate surface area is 194 Å². The van der Waals surface area contributed by atoms with Crippen LogP contribution in [0.15, 0.2) is 18.2 Å². The van der Waals surface area contributed by atoms with Crippen molar-refractivity contribution in [2.45, 2.75) is 40.5 Å². The number of aromatic nitrogens is 1. The third-order valence-corrected chi connectivity index (χ3v) is 6.22. The number of aromatic carboxylic acids is 1. The Balaban J connectivity index is 1.72. The van der Waals surface area contributed by atoms with Crippen molar-refractivity contribution in [3.63, 3.8) is 0 Å². The Hall–Kier alpha value is -3.39. The summed E-state index contributed by atoms with van der Waals surface area (Å²) in [6.07, 6.45) is 2.74. The summed E-state index contributed by atoms with van der Waals surface area (Å²) in [4.78, 5) is 41.7. The third kappa shape index (κ3) is 5.51. The summed E-state index contributed by atoms with van der Waals surface area (Å²) >= 11 is 0. The number of aryl methyl sites for hydroxylation is 1. The van der Waals surface area contributed by atoms with E-state index in [-0.39, 0.29) is 17.4 Å². The van der Waals surface area contributed by atoms with Crippen LogP contribution in [0.25, 0.3) is 11.6 Å². The predicted octanol–water partition coefficient (Wildman–Crippen LogP) is 3.21. The van der Waals surface area contributed by atoms with Crippen LogP contribution in [0.3, 0.4) is 0 Å². The Kier molecular flexibility index (Phi) is 7.71. The van der Waals surface area contributed by atoms with E-state index in [1.807, 2.05) is 13.8 Å². The summed E-state index contributed by atoms with van der Waals surface area (Å²) < 4.78 is 0. The standard InChI is InChI=1S/C25H32N4O4/c1-5-29(6-2)12-11-26-23(30)10-8-18-15(3)22(27-16(18)4)14-20-19-13-17(25(32)33)7-9-21(19)28-24(20)31/h7,9,13-14,27H,5-6,8,10-12H2,1-4H3,(H,26,30)(H,28,31)(H,32,33). The van der Waals surface area contributed by atoms with Gasteiger partial charge in [0, 0.05) is 42.1 Å². The molecule has 0 aliphatic carbocycles. The van der Waals surface area contributed by atoms with Crippen LogP contribution in [0.4, 0.5) is 5.69 Å². The molecule has 8 nitrogen and oxygen atoms in total. The van der Waals surface area contributed by atoms with Gasteiger partial charge in [0.1, 0.15) is 0 Å². The van der Waals surface area contributed by atoms with Gasteiger partial charge in [0.25, 0.3) is 5.91 Å². The molecule has 0 spiro atoms. The van der Waals surface area contributed by atoms with Gasteiger partial charge in [0.05, 0.1) is 11.1 Å². The number of carboxylic acids is 1. The summed E-state index contributed by atoms with van der Waals surface area (Å²) in [5.74, 6) is -1.29. The minimum absolute atomic E-state index is 0.0207. The second kappa shape index (κ2) is 10.5. The molecule has 0 bridgehead atoms. The third-order valence-electron chi connectivity index (χ3n) is 6.22. The summed E-state index contributed by atoms with van der Waals surface area (Å²) in [5, 5.41) is 15.1. The lowest BCUT2D eigenvalue weighted by Gasteiger charge is -2.17. The van der Waals surface area contributed by atoms with E-state index in [0.717, 1.165) is 42.1 Å². The summed E-state index contributed by atoms with van der Waals surface area (Å²) in [6.45, 7) is 11.5. The molecular formula is C25H32N4O4. The van der Waals surface area contributed by atoms with Gasteiger partial charge in [-0.25, -0.2) is 4.79 Å². The van der Waals surface area contributed by atoms with Crippen molar-refractivity contribution in [2.75, 3.05) is 31.5 Å². The first-order valence-electron chi connectivity index (χ1n) is 11.3. The van der Waals surface area contributed by atoms with Crippen LogP contribution in [0, 0.1) is 13.8 Å². The van der Waals surface area contributed by atoms with E-state index in [1.54, 1.807) is 12.1 Å². The van der Waals surface area contributed by atoms with Crippen LogP contribution in [0.2, 0.25) is 0 Å². The topological polar surface area (TPSA) is 115 Å². The Morgan fingerprint density at radius 2 is 1.91 bits per heavy atom. The maximum atomic E-state index is 12.5. The van der Waals surface area contributed by atoms with Crippen molar-refractivity contribution in [1.29, 1.82) is 0 Å². The van der Waals surface area contributed by atoms with Crippen molar-refractivity contribution in [3.05, 3.63) is 51.8 Å². The lowest BCUT2D eigenvalue weighted by Crippen LogP contribution is -2.34. The van der Waals surface area contributed by atoms with E-state index >= 15 is 0 Å². The van der Waals surface area contributed by atoms with Gasteiger partial charge in [0.2, 0.25) is 5.91 Å². The average Bonchev–Trinajstić information content (AvgIpc) is 3.24. The number of anilines is 1. The maximum Gasteiger partial charge on any atom is 0.335 e. The molecule has 0 radical (unpaired) electrons. The largest absolute Gasteiger partial charge is 0.478 e. The van der Waals surface area contributed by atoms with E-state index in [0.29, 0.717) is 36.2 Å². The van der Waals surface area contributed by atoms with Crippen molar-refractivity contribution < 1.29 is 19.5 Å². The van der Waals surface area contributed by atoms with Gasteiger partial charge in [-0.2, -0.15) is 0 Å². The highest BCUT2D eigenvalue weighted by Crippen LogP contribution is 2.34. The zero-order valence-electron chi connectivity index (χ0n) is 19.7. The quantitative estimate of drug-likeness (QED) is 0.413. The summed E-state index contributed by atoms with van der Waals surface area (Å²) in [6, 6.07) is 4.59. The number of carboxylic acid groups (broad SMARTS) is 1. The van der Waals surface area contributed by atoms with E-state index in [9.17, 15) is 19.5 Å². The van der Waals surface area contributed by atoms with Crippen LogP contribution >= 0.6 is 0 Å². The number of nitrogens with one attached hydrogen (secondary N) is 3. The maximum absolute atomic E-state index is 12.5. The molecule has 33 heavy (non-hydrogen) atoms. The average molecular weight is 453 g/mol. The highest BCUT2D eigenvalue weighted by molar-refractivity contribution is 6.35. The summed E-state index contributed by atoms with van der Waals surface area (Å²) in [5.41, 5.74) is 5.47. The van der Waals surface area contributed by atoms with Crippen molar-refractivity contribution in [1.82, 2.24) is 15.2 Å². The molecule has 0 atom stereocenters. The molecule has 0 fully saturated rings. The van der Waals surface area contributed by atoms with Gasteiger partial charge in [-0.15, -0.1) is 0 Å². The van der Waals surface area contributed by atoms with Crippen molar-refractivity contribution >= 4 is 35.1 Å². The molecule has 1 aliphatic rings. The molecule has 3 rings (SSSR count). The van der Waals surface area contributed by atoms with E-state index in [1.165, 1.54) is 12.1 Å². The molecule has 176 valence electrons. The number of likely N-dealkylation sites (N-methyl/N-ethyl adjacent to an activating group) is 1. The molecule has 2 amide bonds. The SMILES string of the molecule is CCN(CC)CCNC(=O)CCc1c(C)[nH]c(C=C2C(=O)Nc3ccc(C(=O)O)cc32)c1C. The van der Waals surface area contributed by atoms with Gasteiger partial charge >= 0.3 is 5.97 Å². The van der Waals surface area contributed by atoms with E-state index in [2.05, 4.69) is 34.4 Å². The fraction of sp³-hybridized carbons (Fsp3) is 0.400. The van der Waals surface area contributed by atoms with Crippen molar-refractivity contribution in [2.24, 2.45) is 0 Å². The molecule has 8 heteroatoms. The van der Waals surface area contributed by atoms with Gasteiger partial charge in [-0.05, 0) is 68.8 Å². The van der Waals surface area contributed by atoms with Gasteiger partial charge < -0.3 is 25.6 Å². The molecule has 0 saturated carbocycles. The number of benzene rings is 1. The number of H-pyrrole nitrogens is 1. The van der Waals surface area contributed by atoms with Crippen LogP contribution in [0.5, 0.6) is 0 Å². The zero-order valence-corrected chi connectivity index (χ0v) is 19.7. The fourth-order valence-electron chi connectivity index (χ4n) is 4.16. The number of rotatable bonds is 10. The molecule has 1 aliphatic heterocycles. The second-order valence-electron chi connectivity index (χ2n) is 8.22. The number of amides is 2. The number of fused-ring (bicyclic) bond motifs is 1. The monoisotopic (exact) mass is 452 g/mol. The van der Waals surface area contributed by atoms with Crippen LogP contribution in [-0.2, 0) is 16.0 Å². The molecule has 1 aromatic heterocycles. The highest BCUT2D eigenvalue weighted by atomic mass is 16.4.